The summed E-state index contributed by atoms with van der Waals surface area (Å²) in [5, 5.41) is 3.73. The molecule has 1 atom stereocenters. The molecule has 0 aliphatic heterocycles. The van der Waals surface area contributed by atoms with Crippen LogP contribution < -0.4 is 5.32 Å². The second-order valence-electron chi connectivity index (χ2n) is 6.68. The maximum Gasteiger partial charge on any atom is 0.0292 e. The highest BCUT2D eigenvalue weighted by Gasteiger charge is 2.35. The van der Waals surface area contributed by atoms with E-state index in [1.165, 1.54) is 36.8 Å². The maximum atomic E-state index is 3.73. The van der Waals surface area contributed by atoms with Crippen molar-refractivity contribution in [3.05, 3.63) is 35.4 Å². The molecule has 112 valence electrons. The van der Waals surface area contributed by atoms with Crippen LogP contribution in [0.15, 0.2) is 24.3 Å². The highest BCUT2D eigenvalue weighted by molar-refractivity contribution is 8.00. The highest BCUT2D eigenvalue weighted by atomic mass is 32.2. The highest BCUT2D eigenvalue weighted by Crippen LogP contribution is 2.42. The largest absolute Gasteiger partial charge is 0.309 e. The summed E-state index contributed by atoms with van der Waals surface area (Å²) < 4.78 is 0.520. The van der Waals surface area contributed by atoms with Gasteiger partial charge in [0, 0.05) is 17.3 Å². The standard InChI is InChI=1S/C18H29NS/c1-14(2)12-16-6-8-17(9-7-16)15(3)19-13-18(20-4)10-5-11-18/h6-9,14-15,19H,5,10-13H2,1-4H3. The molecule has 1 aromatic carbocycles. The van der Waals surface area contributed by atoms with Crippen LogP contribution in [0.1, 0.15) is 57.2 Å². The van der Waals surface area contributed by atoms with E-state index in [0.29, 0.717) is 10.8 Å². The monoisotopic (exact) mass is 291 g/mol. The number of hydrogen-bond acceptors (Lipinski definition) is 2. The predicted octanol–water partition coefficient (Wildman–Crippen LogP) is 4.82. The molecule has 1 aliphatic rings. The third kappa shape index (κ3) is 4.02. The zero-order chi connectivity index (χ0) is 14.6. The zero-order valence-electron chi connectivity index (χ0n) is 13.4. The summed E-state index contributed by atoms with van der Waals surface area (Å²) in [7, 11) is 0. The summed E-state index contributed by atoms with van der Waals surface area (Å²) in [4.78, 5) is 0. The van der Waals surface area contributed by atoms with Gasteiger partial charge in [0.25, 0.3) is 0 Å². The number of rotatable bonds is 7. The number of nitrogens with one attached hydrogen (secondary N) is 1. The van der Waals surface area contributed by atoms with Crippen LogP contribution in [0.5, 0.6) is 0 Å². The van der Waals surface area contributed by atoms with Crippen molar-refractivity contribution in [1.82, 2.24) is 5.32 Å². The molecule has 0 aromatic heterocycles. The first-order valence-electron chi connectivity index (χ1n) is 7.92. The molecule has 1 unspecified atom stereocenters. The number of benzene rings is 1. The smallest absolute Gasteiger partial charge is 0.0292 e. The second-order valence-corrected chi connectivity index (χ2v) is 7.96. The maximum absolute atomic E-state index is 3.73. The fourth-order valence-electron chi connectivity index (χ4n) is 2.89. The first-order valence-corrected chi connectivity index (χ1v) is 9.14. The van der Waals surface area contributed by atoms with Gasteiger partial charge in [-0.1, -0.05) is 44.5 Å². The van der Waals surface area contributed by atoms with Gasteiger partial charge >= 0.3 is 0 Å². The minimum Gasteiger partial charge on any atom is -0.309 e. The summed E-state index contributed by atoms with van der Waals surface area (Å²) in [5.41, 5.74) is 2.86. The zero-order valence-corrected chi connectivity index (χ0v) is 14.2. The Balaban J connectivity index is 1.87. The van der Waals surface area contributed by atoms with Gasteiger partial charge in [0.15, 0.2) is 0 Å². The van der Waals surface area contributed by atoms with Gasteiger partial charge in [-0.05, 0) is 49.5 Å². The molecular formula is C18H29NS. The van der Waals surface area contributed by atoms with Crippen LogP contribution in [0.2, 0.25) is 0 Å². The molecular weight excluding hydrogens is 262 g/mol. The molecule has 1 aromatic rings. The summed E-state index contributed by atoms with van der Waals surface area (Å²) in [5.74, 6) is 0.733. The Kier molecular flexibility index (Phi) is 5.57. The molecule has 0 radical (unpaired) electrons. The summed E-state index contributed by atoms with van der Waals surface area (Å²) >= 11 is 2.04. The van der Waals surface area contributed by atoms with E-state index in [9.17, 15) is 0 Å². The lowest BCUT2D eigenvalue weighted by Crippen LogP contribution is -2.43. The predicted molar refractivity (Wildman–Crippen MR) is 91.5 cm³/mol. The third-order valence-electron chi connectivity index (χ3n) is 4.55. The summed E-state index contributed by atoms with van der Waals surface area (Å²) in [6.45, 7) is 7.98. The fraction of sp³-hybridized carbons (Fsp3) is 0.667. The summed E-state index contributed by atoms with van der Waals surface area (Å²) in [6.07, 6.45) is 7.59. The molecule has 0 bridgehead atoms. The minimum absolute atomic E-state index is 0.452. The van der Waals surface area contributed by atoms with E-state index in [1.807, 2.05) is 11.8 Å². The van der Waals surface area contributed by atoms with Gasteiger partial charge in [0.2, 0.25) is 0 Å². The van der Waals surface area contributed by atoms with Crippen molar-refractivity contribution in [2.45, 2.75) is 57.2 Å². The average Bonchev–Trinajstić information content (AvgIpc) is 2.38. The van der Waals surface area contributed by atoms with Crippen molar-refractivity contribution in [1.29, 1.82) is 0 Å². The first kappa shape index (κ1) is 15.9. The quantitative estimate of drug-likeness (QED) is 0.773. The van der Waals surface area contributed by atoms with Gasteiger partial charge in [-0.15, -0.1) is 0 Å². The lowest BCUT2D eigenvalue weighted by atomic mass is 9.84. The van der Waals surface area contributed by atoms with Gasteiger partial charge in [-0.2, -0.15) is 11.8 Å². The molecule has 2 heteroatoms. The fourth-order valence-corrected chi connectivity index (χ4v) is 3.82. The molecule has 0 spiro atoms. The van der Waals surface area contributed by atoms with Crippen molar-refractivity contribution in [2.24, 2.45) is 5.92 Å². The average molecular weight is 292 g/mol. The Morgan fingerprint density at radius 2 is 1.80 bits per heavy atom. The Bertz CT molecular complexity index is 400. The van der Waals surface area contributed by atoms with Crippen molar-refractivity contribution in [3.8, 4) is 0 Å². The van der Waals surface area contributed by atoms with E-state index >= 15 is 0 Å². The van der Waals surface area contributed by atoms with Crippen LogP contribution in [0.25, 0.3) is 0 Å². The topological polar surface area (TPSA) is 12.0 Å². The number of hydrogen-bond donors (Lipinski definition) is 1. The molecule has 20 heavy (non-hydrogen) atoms. The Hall–Kier alpha value is -0.470. The Morgan fingerprint density at radius 3 is 2.25 bits per heavy atom. The molecule has 2 rings (SSSR count). The van der Waals surface area contributed by atoms with E-state index in [0.717, 1.165) is 12.5 Å². The molecule has 0 heterocycles. The molecule has 1 aliphatic carbocycles. The third-order valence-corrected chi connectivity index (χ3v) is 5.97. The van der Waals surface area contributed by atoms with Crippen LogP contribution in [0.4, 0.5) is 0 Å². The van der Waals surface area contributed by atoms with E-state index in [4.69, 9.17) is 0 Å². The first-order chi connectivity index (χ1) is 9.54. The van der Waals surface area contributed by atoms with Gasteiger partial charge in [0.1, 0.15) is 0 Å². The van der Waals surface area contributed by atoms with Gasteiger partial charge in [-0.3, -0.25) is 0 Å². The molecule has 1 N–H and O–H groups in total. The molecule has 1 nitrogen and oxygen atoms in total. The lowest BCUT2D eigenvalue weighted by Gasteiger charge is -2.41. The van der Waals surface area contributed by atoms with Crippen molar-refractivity contribution in [2.75, 3.05) is 12.8 Å². The Morgan fingerprint density at radius 1 is 1.15 bits per heavy atom. The summed E-state index contributed by atoms with van der Waals surface area (Å²) in [6, 6.07) is 9.62. The van der Waals surface area contributed by atoms with Crippen molar-refractivity contribution in [3.63, 3.8) is 0 Å². The van der Waals surface area contributed by atoms with E-state index in [1.54, 1.807) is 0 Å². The van der Waals surface area contributed by atoms with E-state index in [2.05, 4.69) is 56.6 Å². The van der Waals surface area contributed by atoms with Crippen LogP contribution >= 0.6 is 11.8 Å². The van der Waals surface area contributed by atoms with Gasteiger partial charge in [0.05, 0.1) is 0 Å². The van der Waals surface area contributed by atoms with Crippen LogP contribution in [0.3, 0.4) is 0 Å². The lowest BCUT2D eigenvalue weighted by molar-refractivity contribution is 0.334. The minimum atomic E-state index is 0.452. The van der Waals surface area contributed by atoms with E-state index in [-0.39, 0.29) is 0 Å². The van der Waals surface area contributed by atoms with Crippen molar-refractivity contribution >= 4 is 11.8 Å². The Labute approximate surface area is 128 Å². The molecule has 0 saturated heterocycles. The number of thioether (sulfide) groups is 1. The molecule has 0 amide bonds. The molecule has 1 saturated carbocycles. The van der Waals surface area contributed by atoms with Gasteiger partial charge in [-0.25, -0.2) is 0 Å². The second kappa shape index (κ2) is 7.00. The normalized spacial score (nSPS) is 18.9. The van der Waals surface area contributed by atoms with Crippen LogP contribution in [0, 0.1) is 5.92 Å². The van der Waals surface area contributed by atoms with Crippen molar-refractivity contribution < 1.29 is 0 Å². The van der Waals surface area contributed by atoms with Crippen LogP contribution in [-0.2, 0) is 6.42 Å². The SMILES string of the molecule is CSC1(CNC(C)c2ccc(CC(C)C)cc2)CCC1. The van der Waals surface area contributed by atoms with Gasteiger partial charge < -0.3 is 5.32 Å². The van der Waals surface area contributed by atoms with E-state index < -0.39 is 0 Å². The van der Waals surface area contributed by atoms with Crippen LogP contribution in [-0.4, -0.2) is 17.5 Å². The molecule has 1 fully saturated rings.